The fourth-order valence-electron chi connectivity index (χ4n) is 1.34. The van der Waals surface area contributed by atoms with Gasteiger partial charge in [-0.15, -0.1) is 0 Å². The quantitative estimate of drug-likeness (QED) is 0.824. The number of halogens is 1. The Balaban J connectivity index is 1.99. The van der Waals surface area contributed by atoms with Crippen LogP contribution in [0.3, 0.4) is 0 Å². The molecule has 1 N–H and O–H groups in total. The SMILES string of the molecule is Clc1cccc(NCc2cc[c]cc2)c1. The average Bonchev–Trinajstić information content (AvgIpc) is 2.28. The molecule has 0 spiro atoms. The Morgan fingerprint density at radius 1 is 1.13 bits per heavy atom. The van der Waals surface area contributed by atoms with Crippen molar-refractivity contribution in [3.63, 3.8) is 0 Å². The molecule has 0 saturated carbocycles. The third-order valence-electron chi connectivity index (χ3n) is 2.11. The van der Waals surface area contributed by atoms with Gasteiger partial charge in [0, 0.05) is 17.3 Å². The number of anilines is 1. The van der Waals surface area contributed by atoms with E-state index in [2.05, 4.69) is 11.4 Å². The Labute approximate surface area is 94.7 Å². The maximum atomic E-state index is 5.88. The largest absolute Gasteiger partial charge is 0.381 e. The Hall–Kier alpha value is -1.47. The molecular weight excluding hydrogens is 206 g/mol. The van der Waals surface area contributed by atoms with Crippen molar-refractivity contribution in [3.8, 4) is 0 Å². The van der Waals surface area contributed by atoms with Gasteiger partial charge in [0.2, 0.25) is 0 Å². The molecule has 0 aromatic heterocycles. The van der Waals surface area contributed by atoms with Gasteiger partial charge in [-0.2, -0.15) is 0 Å². The van der Waals surface area contributed by atoms with Gasteiger partial charge in [-0.1, -0.05) is 41.9 Å². The van der Waals surface area contributed by atoms with Crippen LogP contribution in [0.5, 0.6) is 0 Å². The summed E-state index contributed by atoms with van der Waals surface area (Å²) in [4.78, 5) is 0. The molecule has 2 heteroatoms. The van der Waals surface area contributed by atoms with Gasteiger partial charge >= 0.3 is 0 Å². The molecule has 15 heavy (non-hydrogen) atoms. The first kappa shape index (κ1) is 10.1. The van der Waals surface area contributed by atoms with Gasteiger partial charge in [0.1, 0.15) is 0 Å². The zero-order valence-electron chi connectivity index (χ0n) is 8.20. The van der Waals surface area contributed by atoms with Crippen LogP contribution < -0.4 is 5.32 Å². The highest BCUT2D eigenvalue weighted by molar-refractivity contribution is 6.30. The second-order valence-electron chi connectivity index (χ2n) is 3.27. The Morgan fingerprint density at radius 2 is 1.93 bits per heavy atom. The van der Waals surface area contributed by atoms with Crippen molar-refractivity contribution in [2.24, 2.45) is 0 Å². The summed E-state index contributed by atoms with van der Waals surface area (Å²) in [5.74, 6) is 0. The van der Waals surface area contributed by atoms with Crippen LogP contribution in [0.15, 0.2) is 48.5 Å². The molecule has 2 rings (SSSR count). The normalized spacial score (nSPS) is 9.93. The summed E-state index contributed by atoms with van der Waals surface area (Å²) in [7, 11) is 0. The highest BCUT2D eigenvalue weighted by atomic mass is 35.5. The highest BCUT2D eigenvalue weighted by Crippen LogP contribution is 2.15. The number of rotatable bonds is 3. The number of hydrogen-bond donors (Lipinski definition) is 1. The van der Waals surface area contributed by atoms with E-state index in [4.69, 9.17) is 11.6 Å². The van der Waals surface area contributed by atoms with Gasteiger partial charge in [0.25, 0.3) is 0 Å². The molecular formula is C13H11ClN. The lowest BCUT2D eigenvalue weighted by molar-refractivity contribution is 1.15. The summed E-state index contributed by atoms with van der Waals surface area (Å²) >= 11 is 5.88. The molecule has 0 amide bonds. The lowest BCUT2D eigenvalue weighted by Gasteiger charge is -2.06. The number of hydrogen-bond acceptors (Lipinski definition) is 1. The first-order valence-electron chi connectivity index (χ1n) is 4.79. The van der Waals surface area contributed by atoms with Crippen LogP contribution in [0.25, 0.3) is 0 Å². The van der Waals surface area contributed by atoms with E-state index in [1.165, 1.54) is 5.56 Å². The molecule has 0 fully saturated rings. The topological polar surface area (TPSA) is 12.0 Å². The van der Waals surface area contributed by atoms with E-state index in [0.717, 1.165) is 17.3 Å². The van der Waals surface area contributed by atoms with Crippen LogP contribution >= 0.6 is 11.6 Å². The Kier molecular flexibility index (Phi) is 3.25. The first-order valence-corrected chi connectivity index (χ1v) is 5.17. The van der Waals surface area contributed by atoms with E-state index in [0.29, 0.717) is 0 Å². The second-order valence-corrected chi connectivity index (χ2v) is 3.71. The van der Waals surface area contributed by atoms with Crippen LogP contribution in [0.1, 0.15) is 5.56 Å². The maximum absolute atomic E-state index is 5.88. The lowest BCUT2D eigenvalue weighted by atomic mass is 10.2. The summed E-state index contributed by atoms with van der Waals surface area (Å²) in [6.07, 6.45) is 0. The summed E-state index contributed by atoms with van der Waals surface area (Å²) in [5.41, 5.74) is 2.27. The van der Waals surface area contributed by atoms with Crippen molar-refractivity contribution >= 4 is 17.3 Å². The fourth-order valence-corrected chi connectivity index (χ4v) is 1.53. The molecule has 0 saturated heterocycles. The standard InChI is InChI=1S/C13H11ClN/c14-12-7-4-8-13(9-12)15-10-11-5-2-1-3-6-11/h2-9,15H,10H2. The number of benzene rings is 2. The molecule has 75 valence electrons. The van der Waals surface area contributed by atoms with Crippen molar-refractivity contribution in [1.29, 1.82) is 0 Å². The molecule has 0 heterocycles. The van der Waals surface area contributed by atoms with E-state index >= 15 is 0 Å². The zero-order chi connectivity index (χ0) is 10.5. The van der Waals surface area contributed by atoms with Gasteiger partial charge < -0.3 is 5.32 Å². The summed E-state index contributed by atoms with van der Waals surface area (Å²) < 4.78 is 0. The molecule has 0 atom stereocenters. The fraction of sp³-hybridized carbons (Fsp3) is 0.0769. The van der Waals surface area contributed by atoms with Crippen molar-refractivity contribution in [2.75, 3.05) is 5.32 Å². The summed E-state index contributed by atoms with van der Waals surface area (Å²) in [5, 5.41) is 4.05. The molecule has 0 aliphatic carbocycles. The molecule has 2 aromatic carbocycles. The van der Waals surface area contributed by atoms with Crippen molar-refractivity contribution in [1.82, 2.24) is 0 Å². The van der Waals surface area contributed by atoms with E-state index < -0.39 is 0 Å². The van der Waals surface area contributed by atoms with Crippen LogP contribution in [0.2, 0.25) is 5.02 Å². The predicted octanol–water partition coefficient (Wildman–Crippen LogP) is 3.75. The van der Waals surface area contributed by atoms with E-state index in [9.17, 15) is 0 Å². The van der Waals surface area contributed by atoms with E-state index in [1.807, 2.05) is 48.5 Å². The average molecular weight is 217 g/mol. The van der Waals surface area contributed by atoms with Gasteiger partial charge in [-0.3, -0.25) is 0 Å². The Morgan fingerprint density at radius 3 is 2.67 bits per heavy atom. The van der Waals surface area contributed by atoms with Crippen molar-refractivity contribution in [2.45, 2.75) is 6.54 Å². The van der Waals surface area contributed by atoms with Crippen molar-refractivity contribution in [3.05, 3.63) is 65.2 Å². The smallest absolute Gasteiger partial charge is 0.0426 e. The summed E-state index contributed by atoms with van der Waals surface area (Å²) in [6.45, 7) is 0.801. The van der Waals surface area contributed by atoms with Crippen LogP contribution in [-0.4, -0.2) is 0 Å². The van der Waals surface area contributed by atoms with Crippen LogP contribution in [0, 0.1) is 6.07 Å². The molecule has 0 unspecified atom stereocenters. The van der Waals surface area contributed by atoms with E-state index in [-0.39, 0.29) is 0 Å². The monoisotopic (exact) mass is 216 g/mol. The minimum absolute atomic E-state index is 0.751. The van der Waals surface area contributed by atoms with Gasteiger partial charge in [-0.25, -0.2) is 0 Å². The summed E-state index contributed by atoms with van der Waals surface area (Å²) in [6, 6.07) is 18.6. The molecule has 0 aliphatic heterocycles. The molecule has 0 bridgehead atoms. The molecule has 2 aromatic rings. The van der Waals surface area contributed by atoms with Crippen LogP contribution in [-0.2, 0) is 6.54 Å². The third-order valence-corrected chi connectivity index (χ3v) is 2.34. The van der Waals surface area contributed by atoms with Gasteiger partial charge in [0.15, 0.2) is 0 Å². The zero-order valence-corrected chi connectivity index (χ0v) is 8.96. The minimum Gasteiger partial charge on any atom is -0.381 e. The van der Waals surface area contributed by atoms with Crippen molar-refractivity contribution < 1.29 is 0 Å². The third kappa shape index (κ3) is 3.00. The minimum atomic E-state index is 0.751. The van der Waals surface area contributed by atoms with E-state index in [1.54, 1.807) is 0 Å². The lowest BCUT2D eigenvalue weighted by Crippen LogP contribution is -1.98. The predicted molar refractivity (Wildman–Crippen MR) is 64.1 cm³/mol. The first-order chi connectivity index (χ1) is 7.34. The number of nitrogens with one attached hydrogen (secondary N) is 1. The van der Waals surface area contributed by atoms with Crippen LogP contribution in [0.4, 0.5) is 5.69 Å². The maximum Gasteiger partial charge on any atom is 0.0426 e. The van der Waals surface area contributed by atoms with Gasteiger partial charge in [-0.05, 0) is 29.8 Å². The molecule has 0 aliphatic rings. The Bertz CT molecular complexity index is 426. The molecule has 1 radical (unpaired) electrons. The highest BCUT2D eigenvalue weighted by Gasteiger charge is 1.93. The second kappa shape index (κ2) is 4.85. The van der Waals surface area contributed by atoms with Gasteiger partial charge in [0.05, 0.1) is 0 Å². The molecule has 1 nitrogen and oxygen atoms in total.